The van der Waals surface area contributed by atoms with Gasteiger partial charge in [-0.15, -0.1) is 0 Å². The van der Waals surface area contributed by atoms with E-state index in [9.17, 15) is 0 Å². The van der Waals surface area contributed by atoms with E-state index in [1.165, 1.54) is 86.7 Å². The van der Waals surface area contributed by atoms with Crippen molar-refractivity contribution in [2.75, 3.05) is 13.1 Å². The summed E-state index contributed by atoms with van der Waals surface area (Å²) in [5.74, 6) is 0.822. The molecule has 0 spiro atoms. The molecule has 0 saturated carbocycles. The molecule has 0 amide bonds. The quantitative estimate of drug-likeness (QED) is 0.155. The molecule has 0 radical (unpaired) electrons. The zero-order valence-corrected chi connectivity index (χ0v) is 35.7. The predicted octanol–water partition coefficient (Wildman–Crippen LogP) is 12.9. The standard InChI is InChI=1S/C58H40N8/c1-2-20-40-39(19-1)51(63-47-23-9-5-15-35(47)43-27-29-45-37-17-7-11-25-49(37)65(55(45)53(43)63)57-59-31-13-32-60-57)41-21-3-4-22-42(41)52(40)64-48-24-10-6-16-36(48)44-28-30-46-38-18-8-12-26-50(38)66(56(46)54(44)64)58-61-33-14-34-62-58/h1-31,33,57,59-60H,32,34H2,(H,61,62). The second kappa shape index (κ2) is 13.5. The van der Waals surface area contributed by atoms with Gasteiger partial charge in [-0.05, 0) is 36.5 Å². The molecule has 1 unspecified atom stereocenters. The Labute approximate surface area is 377 Å². The summed E-state index contributed by atoms with van der Waals surface area (Å²) in [4.78, 5) is 4.96. The van der Waals surface area contributed by atoms with Gasteiger partial charge in [-0.25, -0.2) is 4.99 Å². The van der Waals surface area contributed by atoms with Crippen LogP contribution in [0.5, 0.6) is 0 Å². The Hall–Kier alpha value is -8.59. The Kier molecular flexibility index (Phi) is 7.31. The summed E-state index contributed by atoms with van der Waals surface area (Å²) in [5.41, 5.74) is 11.6. The smallest absolute Gasteiger partial charge is 0.208 e. The molecule has 1 atom stereocenters. The molecule has 13 aromatic rings. The van der Waals surface area contributed by atoms with Gasteiger partial charge in [-0.2, -0.15) is 0 Å². The topological polar surface area (TPSA) is 68.2 Å². The highest BCUT2D eigenvalue weighted by Gasteiger charge is 2.29. The largest absolute Gasteiger partial charge is 0.359 e. The number of benzene rings is 9. The van der Waals surface area contributed by atoms with E-state index in [4.69, 9.17) is 4.99 Å². The molecule has 9 aromatic carbocycles. The van der Waals surface area contributed by atoms with Crippen molar-refractivity contribution >= 4 is 115 Å². The van der Waals surface area contributed by atoms with Crippen molar-refractivity contribution in [1.82, 2.24) is 34.2 Å². The number of nitrogens with one attached hydrogen (secondary N) is 3. The third kappa shape index (κ3) is 4.67. The van der Waals surface area contributed by atoms with Crippen molar-refractivity contribution in [3.8, 4) is 11.4 Å². The third-order valence-electron chi connectivity index (χ3n) is 14.2. The number of para-hydroxylation sites is 4. The van der Waals surface area contributed by atoms with E-state index in [1.807, 2.05) is 6.20 Å². The van der Waals surface area contributed by atoms with E-state index in [1.54, 1.807) is 0 Å². The van der Waals surface area contributed by atoms with Crippen LogP contribution in [0.25, 0.3) is 120 Å². The lowest BCUT2D eigenvalue weighted by Gasteiger charge is -2.26. The second-order valence-electron chi connectivity index (χ2n) is 17.5. The summed E-state index contributed by atoms with van der Waals surface area (Å²) >= 11 is 0. The molecule has 0 fully saturated rings. The Morgan fingerprint density at radius 2 is 0.788 bits per heavy atom. The van der Waals surface area contributed by atoms with Crippen LogP contribution in [-0.2, 0) is 0 Å². The SMILES string of the molecule is C1=CN=C(n2c3ccccc3c3ccc4c5ccccc5n(-c5c6ccccc6c(-n6c7ccccc7c7ccc8c9ccccc9n(C9NC=CCN9)c8c76)c6ccccc56)c4c32)NC1. The first-order valence-corrected chi connectivity index (χ1v) is 22.8. The molecule has 15 rings (SSSR count). The van der Waals surface area contributed by atoms with Gasteiger partial charge in [0.15, 0.2) is 6.29 Å². The van der Waals surface area contributed by atoms with E-state index in [0.717, 1.165) is 45.9 Å². The molecule has 4 aromatic heterocycles. The van der Waals surface area contributed by atoms with Gasteiger partial charge in [0.2, 0.25) is 5.96 Å². The molecule has 8 heteroatoms. The normalized spacial score (nSPS) is 15.5. The number of nitrogens with zero attached hydrogens (tertiary/aromatic N) is 5. The third-order valence-corrected chi connectivity index (χ3v) is 14.2. The van der Waals surface area contributed by atoms with Crippen LogP contribution in [0.2, 0.25) is 0 Å². The summed E-state index contributed by atoms with van der Waals surface area (Å²) in [7, 11) is 0. The molecular weight excluding hydrogens is 809 g/mol. The maximum absolute atomic E-state index is 4.96. The van der Waals surface area contributed by atoms with Crippen LogP contribution < -0.4 is 16.0 Å². The van der Waals surface area contributed by atoms with Crippen molar-refractivity contribution in [2.24, 2.45) is 4.99 Å². The maximum atomic E-state index is 4.96. The van der Waals surface area contributed by atoms with Crippen LogP contribution in [0.15, 0.2) is 199 Å². The first kappa shape index (κ1) is 35.8. The van der Waals surface area contributed by atoms with Gasteiger partial charge in [0, 0.05) is 83.9 Å². The first-order valence-electron chi connectivity index (χ1n) is 22.8. The Balaban J connectivity index is 1.14. The Morgan fingerprint density at radius 1 is 0.379 bits per heavy atom. The van der Waals surface area contributed by atoms with Gasteiger partial charge in [-0.1, -0.05) is 152 Å². The summed E-state index contributed by atoms with van der Waals surface area (Å²) < 4.78 is 9.97. The molecule has 0 bridgehead atoms. The fraction of sp³-hybridized carbons (Fsp3) is 0.0517. The van der Waals surface area contributed by atoms with Gasteiger partial charge >= 0.3 is 0 Å². The average Bonchev–Trinajstić information content (AvgIpc) is 4.11. The molecule has 0 saturated heterocycles. The van der Waals surface area contributed by atoms with E-state index in [-0.39, 0.29) is 6.29 Å². The predicted molar refractivity (Wildman–Crippen MR) is 275 cm³/mol. The van der Waals surface area contributed by atoms with Crippen molar-refractivity contribution in [1.29, 1.82) is 0 Å². The number of hydrogen-bond acceptors (Lipinski definition) is 4. The van der Waals surface area contributed by atoms with Crippen molar-refractivity contribution in [3.63, 3.8) is 0 Å². The Morgan fingerprint density at radius 3 is 1.26 bits per heavy atom. The minimum Gasteiger partial charge on any atom is -0.359 e. The van der Waals surface area contributed by atoms with Crippen LogP contribution >= 0.6 is 0 Å². The molecule has 3 N–H and O–H groups in total. The second-order valence-corrected chi connectivity index (χ2v) is 17.5. The molecule has 312 valence electrons. The average molecular weight is 849 g/mol. The molecular formula is C58H40N8. The fourth-order valence-corrected chi connectivity index (χ4v) is 11.7. The lowest BCUT2D eigenvalue weighted by atomic mass is 9.97. The number of rotatable bonds is 3. The van der Waals surface area contributed by atoms with Gasteiger partial charge in [0.1, 0.15) is 0 Å². The summed E-state index contributed by atoms with van der Waals surface area (Å²) in [5, 5.41) is 25.4. The van der Waals surface area contributed by atoms with Crippen LogP contribution in [0.3, 0.4) is 0 Å². The molecule has 66 heavy (non-hydrogen) atoms. The number of fused-ring (bicyclic) bond motifs is 16. The molecule has 2 aliphatic rings. The van der Waals surface area contributed by atoms with Gasteiger partial charge in [0.05, 0.1) is 55.5 Å². The van der Waals surface area contributed by atoms with Crippen LogP contribution in [-0.4, -0.2) is 37.3 Å². The summed E-state index contributed by atoms with van der Waals surface area (Å²) in [6.07, 6.45) is 8.06. The van der Waals surface area contributed by atoms with Crippen LogP contribution in [0.4, 0.5) is 0 Å². The highest BCUT2D eigenvalue weighted by atomic mass is 15.3. The zero-order valence-electron chi connectivity index (χ0n) is 35.7. The van der Waals surface area contributed by atoms with E-state index >= 15 is 0 Å². The number of aromatic nitrogens is 4. The van der Waals surface area contributed by atoms with Gasteiger partial charge in [0.25, 0.3) is 0 Å². The lowest BCUT2D eigenvalue weighted by molar-refractivity contribution is 0.387. The molecule has 8 nitrogen and oxygen atoms in total. The fourth-order valence-electron chi connectivity index (χ4n) is 11.7. The van der Waals surface area contributed by atoms with Crippen molar-refractivity contribution in [2.45, 2.75) is 6.29 Å². The minimum atomic E-state index is -0.140. The molecule has 6 heterocycles. The zero-order chi connectivity index (χ0) is 43.0. The minimum absolute atomic E-state index is 0.140. The number of aliphatic imine (C=N–C) groups is 1. The maximum Gasteiger partial charge on any atom is 0.208 e. The lowest BCUT2D eigenvalue weighted by Crippen LogP contribution is -2.39. The van der Waals surface area contributed by atoms with Gasteiger partial charge < -0.3 is 24.3 Å². The highest BCUT2D eigenvalue weighted by Crippen LogP contribution is 2.48. The summed E-state index contributed by atoms with van der Waals surface area (Å²) in [6, 6.07) is 62.9. The molecule has 2 aliphatic heterocycles. The van der Waals surface area contributed by atoms with Crippen molar-refractivity contribution in [3.05, 3.63) is 194 Å². The monoisotopic (exact) mass is 848 g/mol. The van der Waals surface area contributed by atoms with E-state index in [2.05, 4.69) is 222 Å². The Bertz CT molecular complexity index is 4280. The highest BCUT2D eigenvalue weighted by molar-refractivity contribution is 6.29. The number of hydrogen-bond donors (Lipinski definition) is 3. The molecule has 0 aliphatic carbocycles. The van der Waals surface area contributed by atoms with Crippen LogP contribution in [0.1, 0.15) is 6.29 Å². The first-order chi connectivity index (χ1) is 32.8. The summed E-state index contributed by atoms with van der Waals surface area (Å²) in [6.45, 7) is 1.49. The van der Waals surface area contributed by atoms with Gasteiger partial charge in [-0.3, -0.25) is 9.88 Å². The van der Waals surface area contributed by atoms with E-state index < -0.39 is 0 Å². The van der Waals surface area contributed by atoms with Crippen LogP contribution in [0, 0.1) is 0 Å². The van der Waals surface area contributed by atoms with E-state index in [0.29, 0.717) is 6.54 Å². The van der Waals surface area contributed by atoms with Crippen molar-refractivity contribution < 1.29 is 0 Å².